The standard InChI is InChI=1S/C11H20N2O3/c1-8(14)13-9(10(15)16)6-12-7-11(2)4-3-5-11/h9,12H,3-7H2,1-2H3,(H,13,14)(H,15,16). The average Bonchev–Trinajstić information content (AvgIpc) is 2.12. The van der Waals surface area contributed by atoms with Crippen LogP contribution in [0.5, 0.6) is 0 Å². The monoisotopic (exact) mass is 228 g/mol. The largest absolute Gasteiger partial charge is 0.480 e. The summed E-state index contributed by atoms with van der Waals surface area (Å²) in [5.74, 6) is -1.31. The molecule has 5 nitrogen and oxygen atoms in total. The molecule has 3 N–H and O–H groups in total. The van der Waals surface area contributed by atoms with Gasteiger partial charge in [-0.25, -0.2) is 4.79 Å². The Bertz CT molecular complexity index is 274. The maximum atomic E-state index is 10.8. The fourth-order valence-corrected chi connectivity index (χ4v) is 1.92. The molecule has 0 saturated heterocycles. The molecule has 1 fully saturated rings. The van der Waals surface area contributed by atoms with Crippen LogP contribution in [0.3, 0.4) is 0 Å². The number of hydrogen-bond donors (Lipinski definition) is 3. The van der Waals surface area contributed by atoms with Crippen LogP contribution in [0, 0.1) is 5.41 Å². The summed E-state index contributed by atoms with van der Waals surface area (Å²) in [4.78, 5) is 21.6. The maximum Gasteiger partial charge on any atom is 0.327 e. The van der Waals surface area contributed by atoms with E-state index >= 15 is 0 Å². The van der Waals surface area contributed by atoms with Crippen molar-refractivity contribution in [2.45, 2.75) is 39.2 Å². The van der Waals surface area contributed by atoms with Gasteiger partial charge in [-0.05, 0) is 18.3 Å². The molecule has 1 saturated carbocycles. The van der Waals surface area contributed by atoms with Crippen molar-refractivity contribution >= 4 is 11.9 Å². The first-order valence-corrected chi connectivity index (χ1v) is 5.64. The molecule has 5 heteroatoms. The third-order valence-electron chi connectivity index (χ3n) is 3.14. The molecule has 0 aliphatic heterocycles. The van der Waals surface area contributed by atoms with Crippen molar-refractivity contribution in [2.24, 2.45) is 5.41 Å². The molecule has 1 unspecified atom stereocenters. The van der Waals surface area contributed by atoms with Crippen molar-refractivity contribution in [1.29, 1.82) is 0 Å². The van der Waals surface area contributed by atoms with Crippen molar-refractivity contribution in [3.63, 3.8) is 0 Å². The van der Waals surface area contributed by atoms with E-state index < -0.39 is 12.0 Å². The van der Waals surface area contributed by atoms with Gasteiger partial charge in [0.05, 0.1) is 0 Å². The van der Waals surface area contributed by atoms with Crippen LogP contribution in [-0.2, 0) is 9.59 Å². The van der Waals surface area contributed by atoms with Gasteiger partial charge < -0.3 is 15.7 Å². The number of carboxylic acid groups (broad SMARTS) is 1. The number of carbonyl (C=O) groups is 2. The summed E-state index contributed by atoms with van der Waals surface area (Å²) in [7, 11) is 0. The lowest BCUT2D eigenvalue weighted by molar-refractivity contribution is -0.141. The van der Waals surface area contributed by atoms with E-state index in [1.807, 2.05) is 0 Å². The molecule has 0 spiro atoms. The van der Waals surface area contributed by atoms with Crippen LogP contribution in [0.15, 0.2) is 0 Å². The van der Waals surface area contributed by atoms with Gasteiger partial charge in [-0.3, -0.25) is 4.79 Å². The van der Waals surface area contributed by atoms with E-state index in [0.29, 0.717) is 5.41 Å². The molecular formula is C11H20N2O3. The number of nitrogens with one attached hydrogen (secondary N) is 2. The van der Waals surface area contributed by atoms with Gasteiger partial charge in [-0.1, -0.05) is 13.3 Å². The van der Waals surface area contributed by atoms with Crippen molar-refractivity contribution in [3.05, 3.63) is 0 Å². The first kappa shape index (κ1) is 13.0. The Morgan fingerprint density at radius 3 is 2.44 bits per heavy atom. The number of rotatable bonds is 6. The summed E-state index contributed by atoms with van der Waals surface area (Å²) in [6.07, 6.45) is 3.64. The zero-order valence-corrected chi connectivity index (χ0v) is 9.88. The number of hydrogen-bond acceptors (Lipinski definition) is 3. The molecule has 1 aliphatic rings. The molecule has 0 aromatic rings. The summed E-state index contributed by atoms with van der Waals surface area (Å²) < 4.78 is 0. The molecule has 0 heterocycles. The van der Waals surface area contributed by atoms with E-state index in [0.717, 1.165) is 6.54 Å². The molecule has 0 aromatic carbocycles. The molecule has 1 rings (SSSR count). The minimum atomic E-state index is -0.999. The lowest BCUT2D eigenvalue weighted by atomic mass is 9.70. The van der Waals surface area contributed by atoms with Gasteiger partial charge in [0, 0.05) is 20.0 Å². The number of aliphatic carboxylic acids is 1. The molecule has 16 heavy (non-hydrogen) atoms. The van der Waals surface area contributed by atoms with Crippen molar-refractivity contribution in [2.75, 3.05) is 13.1 Å². The summed E-state index contributed by atoms with van der Waals surface area (Å²) in [6, 6.07) is -0.832. The SMILES string of the molecule is CC(=O)NC(CNCC1(C)CCC1)C(=O)O. The summed E-state index contributed by atoms with van der Waals surface area (Å²) in [5.41, 5.74) is 0.319. The predicted molar refractivity (Wildman–Crippen MR) is 60.1 cm³/mol. The van der Waals surface area contributed by atoms with Crippen molar-refractivity contribution < 1.29 is 14.7 Å². The zero-order chi connectivity index (χ0) is 12.2. The molecular weight excluding hydrogens is 208 g/mol. The van der Waals surface area contributed by atoms with E-state index in [4.69, 9.17) is 5.11 Å². The minimum Gasteiger partial charge on any atom is -0.480 e. The van der Waals surface area contributed by atoms with E-state index in [1.165, 1.54) is 26.2 Å². The lowest BCUT2D eigenvalue weighted by Crippen LogP contribution is -2.49. The first-order chi connectivity index (χ1) is 7.43. The maximum absolute atomic E-state index is 10.8. The molecule has 92 valence electrons. The van der Waals surface area contributed by atoms with Gasteiger partial charge in [0.1, 0.15) is 6.04 Å². The molecule has 1 atom stereocenters. The Labute approximate surface area is 95.6 Å². The van der Waals surface area contributed by atoms with Gasteiger partial charge >= 0.3 is 5.97 Å². The minimum absolute atomic E-state index is 0.282. The van der Waals surface area contributed by atoms with Gasteiger partial charge in [-0.15, -0.1) is 0 Å². The number of carboxylic acids is 1. The second-order valence-electron chi connectivity index (χ2n) is 4.89. The topological polar surface area (TPSA) is 78.4 Å². The van der Waals surface area contributed by atoms with E-state index in [2.05, 4.69) is 17.6 Å². The highest BCUT2D eigenvalue weighted by Crippen LogP contribution is 2.39. The number of amides is 1. The van der Waals surface area contributed by atoms with Gasteiger partial charge in [0.25, 0.3) is 0 Å². The smallest absolute Gasteiger partial charge is 0.327 e. The van der Waals surface area contributed by atoms with Crippen LogP contribution in [0.4, 0.5) is 0 Å². The highest BCUT2D eigenvalue weighted by Gasteiger charge is 2.31. The zero-order valence-electron chi connectivity index (χ0n) is 9.88. The van der Waals surface area contributed by atoms with Gasteiger partial charge in [0.2, 0.25) is 5.91 Å². The van der Waals surface area contributed by atoms with Crippen molar-refractivity contribution in [1.82, 2.24) is 10.6 Å². The van der Waals surface area contributed by atoms with Crippen LogP contribution < -0.4 is 10.6 Å². The predicted octanol–water partition coefficient (Wildman–Crippen LogP) is 0.355. The highest BCUT2D eigenvalue weighted by molar-refractivity contribution is 5.82. The third-order valence-corrected chi connectivity index (χ3v) is 3.14. The number of carbonyl (C=O) groups excluding carboxylic acids is 1. The van der Waals surface area contributed by atoms with E-state index in [9.17, 15) is 9.59 Å². The van der Waals surface area contributed by atoms with Crippen LogP contribution in [0.25, 0.3) is 0 Å². The summed E-state index contributed by atoms with van der Waals surface area (Å²) >= 11 is 0. The average molecular weight is 228 g/mol. The van der Waals surface area contributed by atoms with Crippen LogP contribution in [0.1, 0.15) is 33.1 Å². The summed E-state index contributed by atoms with van der Waals surface area (Å²) in [6.45, 7) is 4.61. The third kappa shape index (κ3) is 3.81. The fraction of sp³-hybridized carbons (Fsp3) is 0.818. The normalized spacial score (nSPS) is 19.6. The first-order valence-electron chi connectivity index (χ1n) is 5.64. The lowest BCUT2D eigenvalue weighted by Gasteiger charge is -2.38. The van der Waals surface area contributed by atoms with Gasteiger partial charge in [0.15, 0.2) is 0 Å². The Hall–Kier alpha value is -1.10. The van der Waals surface area contributed by atoms with Gasteiger partial charge in [-0.2, -0.15) is 0 Å². The highest BCUT2D eigenvalue weighted by atomic mass is 16.4. The van der Waals surface area contributed by atoms with E-state index in [-0.39, 0.29) is 12.5 Å². The molecule has 1 aliphatic carbocycles. The quantitative estimate of drug-likeness (QED) is 0.613. The summed E-state index contributed by atoms with van der Waals surface area (Å²) in [5, 5.41) is 14.4. The second kappa shape index (κ2) is 5.30. The molecule has 1 amide bonds. The fourth-order valence-electron chi connectivity index (χ4n) is 1.92. The van der Waals surface area contributed by atoms with Crippen LogP contribution in [0.2, 0.25) is 0 Å². The Kier molecular flexibility index (Phi) is 4.29. The van der Waals surface area contributed by atoms with E-state index in [1.54, 1.807) is 0 Å². The Balaban J connectivity index is 2.26. The Morgan fingerprint density at radius 1 is 1.44 bits per heavy atom. The molecule has 0 radical (unpaired) electrons. The van der Waals surface area contributed by atoms with Crippen LogP contribution in [-0.4, -0.2) is 36.1 Å². The molecule has 0 bridgehead atoms. The van der Waals surface area contributed by atoms with Crippen LogP contribution >= 0.6 is 0 Å². The van der Waals surface area contributed by atoms with Crippen molar-refractivity contribution in [3.8, 4) is 0 Å². The Morgan fingerprint density at radius 2 is 2.06 bits per heavy atom. The second-order valence-corrected chi connectivity index (χ2v) is 4.89. The molecule has 0 aromatic heterocycles.